The summed E-state index contributed by atoms with van der Waals surface area (Å²) in [7, 11) is -3.50. The van der Waals surface area contributed by atoms with E-state index >= 15 is 0 Å². The molecule has 1 heterocycles. The van der Waals surface area contributed by atoms with E-state index in [-0.39, 0.29) is 17.5 Å². The highest BCUT2D eigenvalue weighted by molar-refractivity contribution is 7.92. The Morgan fingerprint density at radius 2 is 1.85 bits per heavy atom. The smallest absolute Gasteiger partial charge is 0.321 e. The third-order valence-corrected chi connectivity index (χ3v) is 6.87. The van der Waals surface area contributed by atoms with Crippen LogP contribution in [-0.2, 0) is 9.84 Å². The number of hydrogen-bond donors (Lipinski definition) is 1. The molecule has 1 fully saturated rings. The molecule has 8 heteroatoms. The first-order valence-electron chi connectivity index (χ1n) is 8.68. The highest BCUT2D eigenvalue weighted by Crippen LogP contribution is 2.25. The van der Waals surface area contributed by atoms with Crippen LogP contribution in [0.2, 0.25) is 5.02 Å². The topological polar surface area (TPSA) is 75.7 Å². The molecule has 0 radical (unpaired) electrons. The van der Waals surface area contributed by atoms with Gasteiger partial charge in [-0.25, -0.2) is 13.2 Å². The molecule has 1 unspecified atom stereocenters. The van der Waals surface area contributed by atoms with Crippen LogP contribution in [0.1, 0.15) is 13.3 Å². The molecule has 27 heavy (non-hydrogen) atoms. The summed E-state index contributed by atoms with van der Waals surface area (Å²) in [5.41, 5.74) is 0.632. The number of sulfone groups is 1. The lowest BCUT2D eigenvalue weighted by Crippen LogP contribution is -2.35. The number of nitrogens with zero attached hydrogens (tertiary/aromatic N) is 1. The number of carbonyl (C=O) groups excluding carboxylic acids is 1. The number of anilines is 1. The number of carbonyl (C=O) groups is 1. The molecular formula is C19H21ClN2O4S. The number of ether oxygens (including phenoxy) is 1. The van der Waals surface area contributed by atoms with Crippen LogP contribution in [-0.4, -0.2) is 44.3 Å². The van der Waals surface area contributed by atoms with Gasteiger partial charge in [-0.05, 0) is 61.9 Å². The summed E-state index contributed by atoms with van der Waals surface area (Å²) in [5, 5.41) is 2.65. The molecule has 0 aromatic heterocycles. The number of hydrogen-bond acceptors (Lipinski definition) is 4. The van der Waals surface area contributed by atoms with Gasteiger partial charge in [-0.2, -0.15) is 0 Å². The minimum Gasteiger partial charge on any atom is -0.494 e. The summed E-state index contributed by atoms with van der Waals surface area (Å²) in [4.78, 5) is 14.2. The zero-order valence-corrected chi connectivity index (χ0v) is 16.5. The van der Waals surface area contributed by atoms with Crippen LogP contribution in [0.4, 0.5) is 10.5 Å². The standard InChI is InChI=1S/C19H21ClN2O4S/c1-2-26-16-7-5-15(6-8-16)21-19(23)22-12-11-18(13-22)27(24,25)17-9-3-14(20)4-10-17/h3-10,18H,2,11-13H2,1H3,(H,21,23). The normalized spacial score (nSPS) is 17.0. The second kappa shape index (κ2) is 8.19. The summed E-state index contributed by atoms with van der Waals surface area (Å²) in [6.45, 7) is 3.02. The minimum absolute atomic E-state index is 0.161. The predicted octanol–water partition coefficient (Wildman–Crippen LogP) is 3.82. The van der Waals surface area contributed by atoms with E-state index in [1.54, 1.807) is 36.4 Å². The summed E-state index contributed by atoms with van der Waals surface area (Å²) < 4.78 is 30.9. The maximum atomic E-state index is 12.8. The van der Waals surface area contributed by atoms with Crippen LogP contribution in [0.15, 0.2) is 53.4 Å². The number of nitrogens with one attached hydrogen (secondary N) is 1. The second-order valence-electron chi connectivity index (χ2n) is 6.24. The van der Waals surface area contributed by atoms with E-state index in [0.29, 0.717) is 30.3 Å². The van der Waals surface area contributed by atoms with E-state index in [4.69, 9.17) is 16.3 Å². The van der Waals surface area contributed by atoms with Gasteiger partial charge in [-0.3, -0.25) is 0 Å². The monoisotopic (exact) mass is 408 g/mol. The van der Waals surface area contributed by atoms with E-state index in [9.17, 15) is 13.2 Å². The van der Waals surface area contributed by atoms with Gasteiger partial charge in [0.1, 0.15) is 5.75 Å². The molecule has 0 aliphatic carbocycles. The molecule has 144 valence electrons. The largest absolute Gasteiger partial charge is 0.494 e. The van der Waals surface area contributed by atoms with Crippen molar-refractivity contribution >= 4 is 33.2 Å². The van der Waals surface area contributed by atoms with Crippen LogP contribution >= 0.6 is 11.6 Å². The zero-order valence-electron chi connectivity index (χ0n) is 14.9. The van der Waals surface area contributed by atoms with Crippen molar-refractivity contribution in [2.24, 2.45) is 0 Å². The lowest BCUT2D eigenvalue weighted by Gasteiger charge is -2.18. The van der Waals surface area contributed by atoms with Gasteiger partial charge in [0.25, 0.3) is 0 Å². The van der Waals surface area contributed by atoms with Gasteiger partial charge >= 0.3 is 6.03 Å². The molecule has 0 saturated carbocycles. The highest BCUT2D eigenvalue weighted by Gasteiger charge is 2.36. The van der Waals surface area contributed by atoms with E-state index in [0.717, 1.165) is 5.75 Å². The maximum absolute atomic E-state index is 12.8. The van der Waals surface area contributed by atoms with Crippen molar-refractivity contribution in [3.63, 3.8) is 0 Å². The Morgan fingerprint density at radius 3 is 2.48 bits per heavy atom. The van der Waals surface area contributed by atoms with Crippen molar-refractivity contribution in [3.8, 4) is 5.75 Å². The van der Waals surface area contributed by atoms with Crippen molar-refractivity contribution in [2.75, 3.05) is 25.0 Å². The average Bonchev–Trinajstić information content (AvgIpc) is 3.15. The molecule has 0 bridgehead atoms. The van der Waals surface area contributed by atoms with Crippen LogP contribution in [0.25, 0.3) is 0 Å². The van der Waals surface area contributed by atoms with Gasteiger partial charge in [0.05, 0.1) is 16.8 Å². The third-order valence-electron chi connectivity index (χ3n) is 4.43. The van der Waals surface area contributed by atoms with E-state index < -0.39 is 15.1 Å². The summed E-state index contributed by atoms with van der Waals surface area (Å²) in [6.07, 6.45) is 0.404. The number of urea groups is 1. The fourth-order valence-corrected chi connectivity index (χ4v) is 4.80. The third kappa shape index (κ3) is 4.54. The van der Waals surface area contributed by atoms with E-state index in [1.165, 1.54) is 17.0 Å². The van der Waals surface area contributed by atoms with Gasteiger partial charge in [-0.1, -0.05) is 11.6 Å². The molecule has 2 amide bonds. The molecule has 3 rings (SSSR count). The minimum atomic E-state index is -3.50. The first-order chi connectivity index (χ1) is 12.9. The van der Waals surface area contributed by atoms with Gasteiger partial charge in [-0.15, -0.1) is 0 Å². The van der Waals surface area contributed by atoms with E-state index in [2.05, 4.69) is 5.32 Å². The molecular weight excluding hydrogens is 388 g/mol. The second-order valence-corrected chi connectivity index (χ2v) is 8.91. The zero-order chi connectivity index (χ0) is 19.4. The van der Waals surface area contributed by atoms with Crippen molar-refractivity contribution in [3.05, 3.63) is 53.6 Å². The number of rotatable bonds is 5. The van der Waals surface area contributed by atoms with Crippen LogP contribution in [0.3, 0.4) is 0 Å². The Labute approximate surface area is 164 Å². The fraction of sp³-hybridized carbons (Fsp3) is 0.316. The quantitative estimate of drug-likeness (QED) is 0.815. The van der Waals surface area contributed by atoms with Crippen molar-refractivity contribution in [1.29, 1.82) is 0 Å². The predicted molar refractivity (Wildman–Crippen MR) is 105 cm³/mol. The average molecular weight is 409 g/mol. The number of benzene rings is 2. The molecule has 1 aliphatic heterocycles. The molecule has 1 atom stereocenters. The van der Waals surface area contributed by atoms with Crippen molar-refractivity contribution < 1.29 is 17.9 Å². The van der Waals surface area contributed by atoms with Gasteiger partial charge in [0, 0.05) is 23.8 Å². The van der Waals surface area contributed by atoms with Crippen molar-refractivity contribution in [2.45, 2.75) is 23.5 Å². The highest BCUT2D eigenvalue weighted by atomic mass is 35.5. The SMILES string of the molecule is CCOc1ccc(NC(=O)N2CCC(S(=O)(=O)c3ccc(Cl)cc3)C2)cc1. The first kappa shape index (κ1) is 19.5. The van der Waals surface area contributed by atoms with Gasteiger partial charge in [0.2, 0.25) is 0 Å². The number of amides is 2. The van der Waals surface area contributed by atoms with Crippen LogP contribution in [0.5, 0.6) is 5.75 Å². The summed E-state index contributed by atoms with van der Waals surface area (Å²) >= 11 is 5.83. The summed E-state index contributed by atoms with van der Waals surface area (Å²) in [6, 6.07) is 12.9. The Morgan fingerprint density at radius 1 is 1.19 bits per heavy atom. The van der Waals surface area contributed by atoms with E-state index in [1.807, 2.05) is 6.92 Å². The Kier molecular flexibility index (Phi) is 5.92. The van der Waals surface area contributed by atoms with Gasteiger partial charge in [0.15, 0.2) is 9.84 Å². The lowest BCUT2D eigenvalue weighted by molar-refractivity contribution is 0.222. The number of likely N-dealkylation sites (tertiary alicyclic amines) is 1. The lowest BCUT2D eigenvalue weighted by atomic mass is 10.3. The summed E-state index contributed by atoms with van der Waals surface area (Å²) in [5.74, 6) is 0.728. The molecule has 6 nitrogen and oxygen atoms in total. The van der Waals surface area contributed by atoms with Crippen molar-refractivity contribution in [1.82, 2.24) is 4.90 Å². The van der Waals surface area contributed by atoms with Crippen LogP contribution in [0, 0.1) is 0 Å². The molecule has 1 aliphatic rings. The van der Waals surface area contributed by atoms with Crippen LogP contribution < -0.4 is 10.1 Å². The maximum Gasteiger partial charge on any atom is 0.321 e. The van der Waals surface area contributed by atoms with Gasteiger partial charge < -0.3 is 15.0 Å². The molecule has 2 aromatic rings. The Balaban J connectivity index is 1.63. The Hall–Kier alpha value is -2.25. The first-order valence-corrected chi connectivity index (χ1v) is 10.6. The number of halogens is 1. The fourth-order valence-electron chi connectivity index (χ4n) is 2.99. The molecule has 2 aromatic carbocycles. The molecule has 0 spiro atoms. The Bertz CT molecular complexity index is 898. The molecule has 1 saturated heterocycles. The molecule has 1 N–H and O–H groups in total.